The molecular weight excluding hydrogens is 314 g/mol. The van der Waals surface area contributed by atoms with Crippen LogP contribution in [-0.4, -0.2) is 30.9 Å². The van der Waals surface area contributed by atoms with Crippen molar-refractivity contribution in [3.05, 3.63) is 66.2 Å². The number of nitrogens with one attached hydrogen (secondary N) is 2. The zero-order valence-electron chi connectivity index (χ0n) is 14.2. The number of nitrogens with zero attached hydrogens (tertiary/aromatic N) is 1. The summed E-state index contributed by atoms with van der Waals surface area (Å²) < 4.78 is 0. The van der Waals surface area contributed by atoms with Crippen molar-refractivity contribution in [1.82, 2.24) is 10.6 Å². The Morgan fingerprint density at radius 1 is 1.08 bits per heavy atom. The van der Waals surface area contributed by atoms with Crippen molar-refractivity contribution in [2.75, 3.05) is 18.0 Å². The molecule has 0 radical (unpaired) electrons. The van der Waals surface area contributed by atoms with E-state index in [0.717, 1.165) is 17.7 Å². The number of carbonyl (C=O) groups excluding carboxylic acids is 2. The Balaban J connectivity index is 1.68. The lowest BCUT2D eigenvalue weighted by molar-refractivity contribution is -0.129. The summed E-state index contributed by atoms with van der Waals surface area (Å²) in [5.41, 5.74) is 2.11. The molecule has 5 nitrogen and oxygen atoms in total. The highest BCUT2D eigenvalue weighted by atomic mass is 16.2. The molecule has 5 heteroatoms. The number of benzene rings is 2. The number of rotatable bonds is 6. The van der Waals surface area contributed by atoms with Crippen LogP contribution in [0.3, 0.4) is 0 Å². The molecule has 0 aromatic heterocycles. The Morgan fingerprint density at radius 3 is 2.44 bits per heavy atom. The van der Waals surface area contributed by atoms with Crippen molar-refractivity contribution in [1.29, 1.82) is 0 Å². The van der Waals surface area contributed by atoms with Crippen molar-refractivity contribution >= 4 is 17.5 Å². The van der Waals surface area contributed by atoms with Crippen LogP contribution in [0.2, 0.25) is 0 Å². The highest BCUT2D eigenvalue weighted by molar-refractivity contribution is 5.89. The average Bonchev–Trinajstić information content (AvgIpc) is 2.65. The number of para-hydroxylation sites is 1. The number of hydrogen-bond donors (Lipinski definition) is 2. The van der Waals surface area contributed by atoms with Crippen LogP contribution in [0.1, 0.15) is 18.4 Å². The van der Waals surface area contributed by atoms with Gasteiger partial charge in [-0.2, -0.15) is 0 Å². The van der Waals surface area contributed by atoms with E-state index in [1.807, 2.05) is 65.6 Å². The topological polar surface area (TPSA) is 61.4 Å². The third kappa shape index (κ3) is 4.83. The van der Waals surface area contributed by atoms with Gasteiger partial charge in [0.25, 0.3) is 0 Å². The molecule has 2 aromatic carbocycles. The van der Waals surface area contributed by atoms with Gasteiger partial charge >= 0.3 is 0 Å². The third-order valence-corrected chi connectivity index (χ3v) is 4.29. The first-order valence-corrected chi connectivity index (χ1v) is 8.63. The van der Waals surface area contributed by atoms with E-state index in [0.29, 0.717) is 19.5 Å². The second-order valence-electron chi connectivity index (χ2n) is 6.23. The van der Waals surface area contributed by atoms with Crippen molar-refractivity contribution in [3.8, 4) is 0 Å². The van der Waals surface area contributed by atoms with Crippen LogP contribution in [-0.2, 0) is 16.1 Å². The van der Waals surface area contributed by atoms with Gasteiger partial charge in [-0.1, -0.05) is 48.5 Å². The van der Waals surface area contributed by atoms with Crippen LogP contribution in [0.15, 0.2) is 60.7 Å². The van der Waals surface area contributed by atoms with Gasteiger partial charge in [0.1, 0.15) is 6.04 Å². The molecule has 0 spiro atoms. The molecule has 0 saturated carbocycles. The quantitative estimate of drug-likeness (QED) is 0.848. The summed E-state index contributed by atoms with van der Waals surface area (Å²) in [6.07, 6.45) is 1.59. The Labute approximate surface area is 148 Å². The number of piperidine rings is 1. The van der Waals surface area contributed by atoms with E-state index in [-0.39, 0.29) is 18.4 Å². The number of carbonyl (C=O) groups is 2. The van der Waals surface area contributed by atoms with Crippen LogP contribution >= 0.6 is 0 Å². The lowest BCUT2D eigenvalue weighted by Gasteiger charge is -2.27. The Hall–Kier alpha value is -2.82. The fourth-order valence-electron chi connectivity index (χ4n) is 3.00. The summed E-state index contributed by atoms with van der Waals surface area (Å²) in [4.78, 5) is 26.4. The third-order valence-electron chi connectivity index (χ3n) is 4.29. The number of anilines is 1. The molecule has 3 rings (SSSR count). The van der Waals surface area contributed by atoms with Gasteiger partial charge in [-0.25, -0.2) is 0 Å². The highest BCUT2D eigenvalue weighted by Crippen LogP contribution is 2.16. The van der Waals surface area contributed by atoms with Gasteiger partial charge in [-0.05, 0) is 30.5 Å². The maximum Gasteiger partial charge on any atom is 0.242 e. The van der Waals surface area contributed by atoms with Crippen molar-refractivity contribution < 1.29 is 9.59 Å². The van der Waals surface area contributed by atoms with Crippen LogP contribution in [0, 0.1) is 0 Å². The normalized spacial score (nSPS) is 16.8. The summed E-state index contributed by atoms with van der Waals surface area (Å²) in [6, 6.07) is 19.5. The van der Waals surface area contributed by atoms with Crippen molar-refractivity contribution in [3.63, 3.8) is 0 Å². The first-order chi connectivity index (χ1) is 12.2. The Bertz CT molecular complexity index is 703. The molecule has 1 aliphatic heterocycles. The minimum absolute atomic E-state index is 0.0890. The van der Waals surface area contributed by atoms with Gasteiger partial charge in [0.2, 0.25) is 11.8 Å². The number of hydrogen-bond acceptors (Lipinski definition) is 3. The summed E-state index contributed by atoms with van der Waals surface area (Å²) in [7, 11) is 0. The Morgan fingerprint density at radius 2 is 1.76 bits per heavy atom. The van der Waals surface area contributed by atoms with Gasteiger partial charge in [-0.15, -0.1) is 0 Å². The Kier molecular flexibility index (Phi) is 5.67. The molecule has 2 N–H and O–H groups in total. The van der Waals surface area contributed by atoms with Gasteiger partial charge in [-0.3, -0.25) is 9.59 Å². The second-order valence-corrected chi connectivity index (χ2v) is 6.23. The summed E-state index contributed by atoms with van der Waals surface area (Å²) in [5, 5.41) is 5.66. The molecule has 1 aliphatic rings. The monoisotopic (exact) mass is 337 g/mol. The van der Waals surface area contributed by atoms with E-state index in [1.165, 1.54) is 0 Å². The molecule has 1 heterocycles. The summed E-state index contributed by atoms with van der Waals surface area (Å²) >= 11 is 0. The van der Waals surface area contributed by atoms with Crippen molar-refractivity contribution in [2.45, 2.75) is 25.4 Å². The molecule has 0 aliphatic carbocycles. The fourth-order valence-corrected chi connectivity index (χ4v) is 3.00. The maximum absolute atomic E-state index is 12.5. The minimum atomic E-state index is -0.421. The highest BCUT2D eigenvalue weighted by Gasteiger charge is 2.24. The first kappa shape index (κ1) is 17.0. The lowest BCUT2D eigenvalue weighted by atomic mass is 10.1. The smallest absolute Gasteiger partial charge is 0.242 e. The SMILES string of the molecule is O=C(CN(Cc1ccccc1)c1ccccc1)NC1CCCNC1=O. The van der Waals surface area contributed by atoms with E-state index in [1.54, 1.807) is 0 Å². The van der Waals surface area contributed by atoms with Crippen molar-refractivity contribution in [2.24, 2.45) is 0 Å². The van der Waals surface area contributed by atoms with Gasteiger partial charge in [0.15, 0.2) is 0 Å². The predicted octanol–water partition coefficient (Wildman–Crippen LogP) is 2.09. The number of amides is 2. The van der Waals surface area contributed by atoms with Crippen LogP contribution in [0.5, 0.6) is 0 Å². The molecule has 1 saturated heterocycles. The van der Waals surface area contributed by atoms with E-state index in [4.69, 9.17) is 0 Å². The standard InChI is InChI=1S/C20H23N3O2/c24-19(22-18-12-7-13-21-20(18)25)15-23(17-10-5-2-6-11-17)14-16-8-3-1-4-9-16/h1-6,8-11,18H,7,12-15H2,(H,21,25)(H,22,24). The van der Waals surface area contributed by atoms with Gasteiger partial charge in [0.05, 0.1) is 6.54 Å². The molecule has 25 heavy (non-hydrogen) atoms. The van der Waals surface area contributed by atoms with E-state index in [9.17, 15) is 9.59 Å². The van der Waals surface area contributed by atoms with Gasteiger partial charge < -0.3 is 15.5 Å². The summed E-state index contributed by atoms with van der Waals surface area (Å²) in [6.45, 7) is 1.53. The molecule has 2 aromatic rings. The molecule has 0 bridgehead atoms. The van der Waals surface area contributed by atoms with E-state index >= 15 is 0 Å². The van der Waals surface area contributed by atoms with Gasteiger partial charge in [0, 0.05) is 18.8 Å². The molecular formula is C20H23N3O2. The average molecular weight is 337 g/mol. The fraction of sp³-hybridized carbons (Fsp3) is 0.300. The first-order valence-electron chi connectivity index (χ1n) is 8.63. The predicted molar refractivity (Wildman–Crippen MR) is 98.1 cm³/mol. The molecule has 1 unspecified atom stereocenters. The minimum Gasteiger partial charge on any atom is -0.358 e. The second kappa shape index (κ2) is 8.33. The molecule has 1 atom stereocenters. The van der Waals surface area contributed by atoms with Crippen LogP contribution < -0.4 is 15.5 Å². The van der Waals surface area contributed by atoms with Crippen LogP contribution in [0.4, 0.5) is 5.69 Å². The van der Waals surface area contributed by atoms with E-state index < -0.39 is 6.04 Å². The molecule has 130 valence electrons. The maximum atomic E-state index is 12.5. The largest absolute Gasteiger partial charge is 0.358 e. The zero-order chi connectivity index (χ0) is 17.5. The lowest BCUT2D eigenvalue weighted by Crippen LogP contribution is -2.52. The molecule has 1 fully saturated rings. The summed E-state index contributed by atoms with van der Waals surface area (Å²) in [5.74, 6) is -0.226. The van der Waals surface area contributed by atoms with Crippen LogP contribution in [0.25, 0.3) is 0 Å². The molecule has 2 amide bonds. The van der Waals surface area contributed by atoms with E-state index in [2.05, 4.69) is 10.6 Å². The zero-order valence-corrected chi connectivity index (χ0v) is 14.2.